The topological polar surface area (TPSA) is 175 Å². The molecule has 0 aromatic carbocycles. The van der Waals surface area contributed by atoms with Crippen molar-refractivity contribution in [2.75, 3.05) is 13.2 Å². The number of carboxylic acid groups (broad SMARTS) is 1. The summed E-state index contributed by atoms with van der Waals surface area (Å²) in [7, 11) is 0. The summed E-state index contributed by atoms with van der Waals surface area (Å²) in [6.45, 7) is 5.73. The number of unbranched alkanes of at least 4 members (excludes halogenated alkanes) is 21. The first-order chi connectivity index (χ1) is 39.6. The molecule has 1 aliphatic heterocycles. The Morgan fingerprint density at radius 1 is 0.420 bits per heavy atom. The highest BCUT2D eigenvalue weighted by Gasteiger charge is 2.50. The van der Waals surface area contributed by atoms with E-state index in [-0.39, 0.29) is 25.9 Å². The van der Waals surface area contributed by atoms with Crippen LogP contribution in [0.3, 0.4) is 0 Å². The van der Waals surface area contributed by atoms with E-state index in [0.29, 0.717) is 19.3 Å². The smallest absolute Gasteiger partial charge is 0.335 e. The Hall–Kier alpha value is -4.62. The standard InChI is InChI=1S/C69H112O12/c1-4-7-10-13-16-19-22-25-28-30-31-33-36-39-42-45-48-51-54-57-63(72)80-67-65(74)64(73)66(68(75)76)81-69(67)78-59-60(79-62(71)56-53-50-47-44-41-38-34-27-24-21-18-15-12-9-6-3)58-77-61(70)55-52-49-46-43-40-37-35-32-29-26-23-20-17-14-11-8-5-2/h7,9-10,12,16,18-19,21,25-29,31,33-34,41,44,60,64-67,69,73-74H,4-6,8,11,13-15,17,20,22-24,30,32,35-40,42-43,45-59H2,1-3H3,(H,75,76)/b10-7-,12-9-,19-16-,21-18-,28-25-,29-26-,33-31-,34-27-,44-41-. The number of aliphatic carboxylic acids is 1. The highest BCUT2D eigenvalue weighted by molar-refractivity contribution is 5.74. The number of ether oxygens (including phenoxy) is 5. The van der Waals surface area contributed by atoms with E-state index in [2.05, 4.69) is 130 Å². The van der Waals surface area contributed by atoms with Gasteiger partial charge < -0.3 is 39.0 Å². The predicted molar refractivity (Wildman–Crippen MR) is 330 cm³/mol. The van der Waals surface area contributed by atoms with Crippen molar-refractivity contribution >= 4 is 23.9 Å². The first-order valence-corrected chi connectivity index (χ1v) is 31.9. The molecule has 6 atom stereocenters. The van der Waals surface area contributed by atoms with Crippen molar-refractivity contribution in [3.05, 3.63) is 109 Å². The molecule has 0 aromatic rings. The van der Waals surface area contributed by atoms with E-state index in [1.165, 1.54) is 57.8 Å². The number of allylic oxidation sites excluding steroid dienone is 18. The van der Waals surface area contributed by atoms with Gasteiger partial charge in [0.1, 0.15) is 18.8 Å². The molecule has 0 saturated carbocycles. The average molecular weight is 1130 g/mol. The van der Waals surface area contributed by atoms with Crippen molar-refractivity contribution in [1.29, 1.82) is 0 Å². The number of aliphatic hydroxyl groups excluding tert-OH is 2. The van der Waals surface area contributed by atoms with Crippen molar-refractivity contribution < 1.29 is 58.2 Å². The van der Waals surface area contributed by atoms with E-state index >= 15 is 0 Å². The Kier molecular flexibility index (Phi) is 51.3. The Balaban J connectivity index is 2.70. The zero-order valence-electron chi connectivity index (χ0n) is 50.7. The Bertz CT molecular complexity index is 1820. The highest BCUT2D eigenvalue weighted by Crippen LogP contribution is 2.26. The fourth-order valence-corrected chi connectivity index (χ4v) is 8.99. The molecule has 0 spiro atoms. The lowest BCUT2D eigenvalue weighted by molar-refractivity contribution is -0.301. The number of hydrogen-bond donors (Lipinski definition) is 3. The molecule has 3 N–H and O–H groups in total. The Morgan fingerprint density at radius 2 is 0.778 bits per heavy atom. The molecule has 1 aliphatic rings. The zero-order valence-corrected chi connectivity index (χ0v) is 50.7. The van der Waals surface area contributed by atoms with Gasteiger partial charge >= 0.3 is 23.9 Å². The fraction of sp³-hybridized carbons (Fsp3) is 0.681. The molecule has 1 heterocycles. The summed E-state index contributed by atoms with van der Waals surface area (Å²) in [5.41, 5.74) is 0. The quantitative estimate of drug-likeness (QED) is 0.0228. The molecule has 0 aromatic heterocycles. The predicted octanol–water partition coefficient (Wildman–Crippen LogP) is 17.0. The van der Waals surface area contributed by atoms with Crippen LogP contribution in [0.4, 0.5) is 0 Å². The number of carboxylic acids is 1. The van der Waals surface area contributed by atoms with Crippen LogP contribution in [-0.4, -0.2) is 89.2 Å². The van der Waals surface area contributed by atoms with Crippen LogP contribution >= 0.6 is 0 Å². The van der Waals surface area contributed by atoms with Crippen molar-refractivity contribution in [2.24, 2.45) is 0 Å². The normalized spacial score (nSPS) is 18.5. The van der Waals surface area contributed by atoms with Gasteiger partial charge in [0.15, 0.2) is 24.6 Å². The molecule has 81 heavy (non-hydrogen) atoms. The van der Waals surface area contributed by atoms with Gasteiger partial charge in [0.05, 0.1) is 6.61 Å². The van der Waals surface area contributed by atoms with Crippen molar-refractivity contribution in [2.45, 2.75) is 289 Å². The minimum atomic E-state index is -1.92. The number of rotatable bonds is 53. The summed E-state index contributed by atoms with van der Waals surface area (Å²) in [6, 6.07) is 0. The minimum absolute atomic E-state index is 0.0338. The lowest BCUT2D eigenvalue weighted by Crippen LogP contribution is -2.61. The van der Waals surface area contributed by atoms with Crippen LogP contribution in [0.2, 0.25) is 0 Å². The van der Waals surface area contributed by atoms with Gasteiger partial charge in [-0.1, -0.05) is 220 Å². The summed E-state index contributed by atoms with van der Waals surface area (Å²) in [6.07, 6.45) is 63.3. The van der Waals surface area contributed by atoms with Gasteiger partial charge in [-0.05, 0) is 122 Å². The van der Waals surface area contributed by atoms with Crippen LogP contribution in [0.25, 0.3) is 0 Å². The molecule has 460 valence electrons. The Labute approximate surface area is 491 Å². The first-order valence-electron chi connectivity index (χ1n) is 31.9. The molecular weight excluding hydrogens is 1020 g/mol. The van der Waals surface area contributed by atoms with Crippen molar-refractivity contribution in [1.82, 2.24) is 0 Å². The second-order valence-corrected chi connectivity index (χ2v) is 21.3. The molecule has 6 unspecified atom stereocenters. The average Bonchev–Trinajstić information content (AvgIpc) is 3.54. The van der Waals surface area contributed by atoms with Crippen LogP contribution in [0.15, 0.2) is 109 Å². The molecule has 0 aliphatic carbocycles. The van der Waals surface area contributed by atoms with Crippen LogP contribution in [0.1, 0.15) is 252 Å². The lowest BCUT2D eigenvalue weighted by Gasteiger charge is -2.40. The molecule has 0 amide bonds. The monoisotopic (exact) mass is 1130 g/mol. The van der Waals surface area contributed by atoms with Crippen molar-refractivity contribution in [3.63, 3.8) is 0 Å². The molecule has 0 bridgehead atoms. The summed E-state index contributed by atoms with van der Waals surface area (Å²) in [4.78, 5) is 51.3. The minimum Gasteiger partial charge on any atom is -0.479 e. The highest BCUT2D eigenvalue weighted by atomic mass is 16.7. The number of esters is 3. The van der Waals surface area contributed by atoms with Gasteiger partial charge in [0.25, 0.3) is 0 Å². The Morgan fingerprint density at radius 3 is 1.22 bits per heavy atom. The molecule has 12 nitrogen and oxygen atoms in total. The largest absolute Gasteiger partial charge is 0.479 e. The maximum Gasteiger partial charge on any atom is 0.335 e. The second-order valence-electron chi connectivity index (χ2n) is 21.3. The number of hydrogen-bond acceptors (Lipinski definition) is 11. The SMILES string of the molecule is CC/C=C\C/C=C\C/C=C\C/C=C\CCCCCCCCC(=O)OC1C(OCC(COC(=O)CCCCCCCCC/C=C\CCCCCCCC)OC(=O)CCCC/C=C\C/C=C\C/C=C\C/C=C\CC)OC(C(=O)O)C(O)C1O. The molecular formula is C69H112O12. The second kappa shape index (κ2) is 55.9. The third-order valence-corrected chi connectivity index (χ3v) is 13.8. The molecule has 12 heteroatoms. The third-order valence-electron chi connectivity index (χ3n) is 13.8. The van der Waals surface area contributed by atoms with Crippen molar-refractivity contribution in [3.8, 4) is 0 Å². The molecule has 1 rings (SSSR count). The summed E-state index contributed by atoms with van der Waals surface area (Å²) < 4.78 is 28.5. The fourth-order valence-electron chi connectivity index (χ4n) is 8.99. The van der Waals surface area contributed by atoms with Gasteiger partial charge in [-0.2, -0.15) is 0 Å². The lowest BCUT2D eigenvalue weighted by atomic mass is 9.98. The van der Waals surface area contributed by atoms with Gasteiger partial charge in [-0.15, -0.1) is 0 Å². The summed E-state index contributed by atoms with van der Waals surface area (Å²) in [5, 5.41) is 31.6. The van der Waals surface area contributed by atoms with E-state index in [1.807, 2.05) is 0 Å². The summed E-state index contributed by atoms with van der Waals surface area (Å²) in [5.74, 6) is -3.21. The number of carbonyl (C=O) groups excluding carboxylic acids is 3. The third kappa shape index (κ3) is 45.6. The van der Waals surface area contributed by atoms with E-state index in [1.54, 1.807) is 0 Å². The van der Waals surface area contributed by atoms with Gasteiger partial charge in [-0.3, -0.25) is 14.4 Å². The maximum atomic E-state index is 13.2. The molecule has 1 saturated heterocycles. The number of aliphatic hydroxyl groups is 2. The van der Waals surface area contributed by atoms with Gasteiger partial charge in [0, 0.05) is 19.3 Å². The molecule has 0 radical (unpaired) electrons. The van der Waals surface area contributed by atoms with E-state index in [0.717, 1.165) is 135 Å². The molecule has 1 fully saturated rings. The van der Waals surface area contributed by atoms with Crippen LogP contribution in [0, 0.1) is 0 Å². The first kappa shape index (κ1) is 74.4. The van der Waals surface area contributed by atoms with Crippen LogP contribution in [0.5, 0.6) is 0 Å². The summed E-state index contributed by atoms with van der Waals surface area (Å²) >= 11 is 0. The van der Waals surface area contributed by atoms with E-state index in [4.69, 9.17) is 23.7 Å². The van der Waals surface area contributed by atoms with Crippen LogP contribution in [-0.2, 0) is 42.9 Å². The van der Waals surface area contributed by atoms with Gasteiger partial charge in [0.2, 0.25) is 0 Å². The van der Waals surface area contributed by atoms with Gasteiger partial charge in [-0.25, -0.2) is 4.79 Å². The number of carbonyl (C=O) groups is 4. The van der Waals surface area contributed by atoms with E-state index in [9.17, 15) is 34.5 Å². The van der Waals surface area contributed by atoms with Crippen LogP contribution < -0.4 is 0 Å². The maximum absolute atomic E-state index is 13.2. The van der Waals surface area contributed by atoms with E-state index < -0.39 is 67.3 Å². The zero-order chi connectivity index (χ0) is 58.9.